The molecule has 0 bridgehead atoms. The van der Waals surface area contributed by atoms with Gasteiger partial charge in [0.2, 0.25) is 0 Å². The van der Waals surface area contributed by atoms with Gasteiger partial charge >= 0.3 is 0 Å². The van der Waals surface area contributed by atoms with Crippen LogP contribution in [0.15, 0.2) is 66.0 Å². The summed E-state index contributed by atoms with van der Waals surface area (Å²) in [6.07, 6.45) is 8.21. The van der Waals surface area contributed by atoms with E-state index in [0.717, 1.165) is 23.4 Å². The van der Waals surface area contributed by atoms with E-state index in [4.69, 9.17) is 0 Å². The molecule has 0 radical (unpaired) electrons. The van der Waals surface area contributed by atoms with Crippen LogP contribution in [0, 0.1) is 11.8 Å². The number of hydrogen-bond acceptors (Lipinski definition) is 2. The number of benzene rings is 1. The third kappa shape index (κ3) is 2.72. The number of fused-ring (bicyclic) bond motifs is 1. The van der Waals surface area contributed by atoms with Crippen molar-refractivity contribution in [2.24, 2.45) is 7.05 Å². The molecule has 3 aromatic heterocycles. The molecule has 128 valence electrons. The topological polar surface area (TPSA) is 44.2 Å². The number of para-hydroxylation sites is 1. The Kier molecular flexibility index (Phi) is 3.94. The molecule has 0 saturated carbocycles. The summed E-state index contributed by atoms with van der Waals surface area (Å²) in [5.41, 5.74) is 3.88. The lowest BCUT2D eigenvalue weighted by molar-refractivity contribution is 0.767. The summed E-state index contributed by atoms with van der Waals surface area (Å²) in [5, 5.41) is 4.12. The largest absolute Gasteiger partial charge is 0.316 e. The van der Waals surface area contributed by atoms with Crippen molar-refractivity contribution >= 4 is 5.52 Å². The summed E-state index contributed by atoms with van der Waals surface area (Å²) >= 11 is 0. The van der Waals surface area contributed by atoms with Crippen molar-refractivity contribution < 1.29 is 0 Å². The van der Waals surface area contributed by atoms with Gasteiger partial charge in [-0.05, 0) is 24.6 Å². The lowest BCUT2D eigenvalue weighted by atomic mass is 10.2. The zero-order valence-corrected chi connectivity index (χ0v) is 14.7. The molecule has 0 saturated heterocycles. The summed E-state index contributed by atoms with van der Waals surface area (Å²) < 4.78 is 5.34. The van der Waals surface area contributed by atoms with Crippen molar-refractivity contribution in [3.63, 3.8) is 0 Å². The molecule has 0 spiro atoms. The highest BCUT2D eigenvalue weighted by atomic mass is 16.1. The van der Waals surface area contributed by atoms with Crippen molar-refractivity contribution in [2.75, 3.05) is 0 Å². The first-order chi connectivity index (χ1) is 12.7. The maximum absolute atomic E-state index is 13.3. The molecule has 0 unspecified atom stereocenters. The molecule has 26 heavy (non-hydrogen) atoms. The van der Waals surface area contributed by atoms with E-state index in [2.05, 4.69) is 16.9 Å². The van der Waals surface area contributed by atoms with Crippen molar-refractivity contribution in [1.82, 2.24) is 18.7 Å². The second-order valence-corrected chi connectivity index (χ2v) is 6.09. The number of nitrogens with zero attached hydrogens (tertiary/aromatic N) is 4. The maximum Gasteiger partial charge on any atom is 0.280 e. The second kappa shape index (κ2) is 6.41. The highest BCUT2D eigenvalue weighted by Gasteiger charge is 2.13. The third-order valence-corrected chi connectivity index (χ3v) is 4.32. The van der Waals surface area contributed by atoms with E-state index in [9.17, 15) is 4.79 Å². The summed E-state index contributed by atoms with van der Waals surface area (Å²) in [5.74, 6) is 6.20. The van der Waals surface area contributed by atoms with E-state index < -0.39 is 0 Å². The normalized spacial score (nSPS) is 10.7. The average Bonchev–Trinajstić information content (AvgIpc) is 3.26. The van der Waals surface area contributed by atoms with Crippen LogP contribution in [0.2, 0.25) is 0 Å². The molecule has 0 aliphatic carbocycles. The van der Waals surface area contributed by atoms with Gasteiger partial charge in [0.15, 0.2) is 0 Å². The molecule has 0 aliphatic heterocycles. The summed E-state index contributed by atoms with van der Waals surface area (Å²) in [6.45, 7) is 2.05. The van der Waals surface area contributed by atoms with Crippen LogP contribution in [-0.2, 0) is 13.5 Å². The van der Waals surface area contributed by atoms with Gasteiger partial charge in [-0.3, -0.25) is 14.0 Å². The van der Waals surface area contributed by atoms with Crippen LogP contribution < -0.4 is 5.56 Å². The molecule has 4 aromatic rings. The lowest BCUT2D eigenvalue weighted by Crippen LogP contribution is -2.24. The van der Waals surface area contributed by atoms with E-state index in [1.54, 1.807) is 15.4 Å². The molecule has 0 atom stereocenters. The van der Waals surface area contributed by atoms with Gasteiger partial charge in [0.05, 0.1) is 17.3 Å². The number of aryl methyl sites for hydroxylation is 2. The van der Waals surface area contributed by atoms with E-state index in [-0.39, 0.29) is 5.56 Å². The van der Waals surface area contributed by atoms with Gasteiger partial charge in [-0.2, -0.15) is 5.10 Å². The molecule has 0 fully saturated rings. The first-order valence-corrected chi connectivity index (χ1v) is 8.49. The van der Waals surface area contributed by atoms with Gasteiger partial charge in [0.25, 0.3) is 5.56 Å². The molecule has 1 aromatic carbocycles. The first-order valence-electron chi connectivity index (χ1n) is 8.49. The maximum atomic E-state index is 13.3. The minimum absolute atomic E-state index is 0.0592. The number of rotatable bonds is 2. The van der Waals surface area contributed by atoms with Crippen molar-refractivity contribution in [3.05, 3.63) is 88.4 Å². The smallest absolute Gasteiger partial charge is 0.280 e. The Balaban J connectivity index is 1.93. The molecule has 0 aliphatic rings. The second-order valence-electron chi connectivity index (χ2n) is 6.09. The Bertz CT molecular complexity index is 1200. The third-order valence-electron chi connectivity index (χ3n) is 4.32. The van der Waals surface area contributed by atoms with Crippen LogP contribution in [-0.4, -0.2) is 18.7 Å². The van der Waals surface area contributed by atoms with Gasteiger partial charge in [-0.1, -0.05) is 37.0 Å². The van der Waals surface area contributed by atoms with Gasteiger partial charge in [-0.25, -0.2) is 0 Å². The fourth-order valence-corrected chi connectivity index (χ4v) is 3.07. The van der Waals surface area contributed by atoms with Crippen molar-refractivity contribution in [2.45, 2.75) is 13.3 Å². The molecular formula is C21H18N4O. The molecular weight excluding hydrogens is 324 g/mol. The lowest BCUT2D eigenvalue weighted by Gasteiger charge is -2.13. The van der Waals surface area contributed by atoms with Crippen LogP contribution in [0.25, 0.3) is 11.2 Å². The SMILES string of the molecule is CCc1cn2ccc(C#Cc3cnn(C)c3)c2c(=O)n1-c1ccccc1. The standard InChI is InChI=1S/C21H18N4O/c1-3-18-15-24-12-11-17(10-9-16-13-22-23(2)14-16)20(24)21(26)25(18)19-7-5-4-6-8-19/h4-8,11-15H,3H2,1-2H3. The van der Waals surface area contributed by atoms with Gasteiger partial charge in [0, 0.05) is 37.0 Å². The van der Waals surface area contributed by atoms with Gasteiger partial charge in [-0.15, -0.1) is 0 Å². The van der Waals surface area contributed by atoms with Crippen molar-refractivity contribution in [1.29, 1.82) is 0 Å². The van der Waals surface area contributed by atoms with Crippen LogP contribution in [0.3, 0.4) is 0 Å². The quantitative estimate of drug-likeness (QED) is 0.526. The number of aromatic nitrogens is 4. The monoisotopic (exact) mass is 342 g/mol. The molecule has 3 heterocycles. The van der Waals surface area contributed by atoms with E-state index >= 15 is 0 Å². The highest BCUT2D eigenvalue weighted by molar-refractivity contribution is 5.64. The van der Waals surface area contributed by atoms with Gasteiger partial charge < -0.3 is 4.40 Å². The number of hydrogen-bond donors (Lipinski definition) is 0. The molecule has 4 rings (SSSR count). The van der Waals surface area contributed by atoms with E-state index in [1.807, 2.05) is 73.4 Å². The summed E-state index contributed by atoms with van der Waals surface area (Å²) in [7, 11) is 1.85. The fraction of sp³-hybridized carbons (Fsp3) is 0.143. The molecule has 0 N–H and O–H groups in total. The van der Waals surface area contributed by atoms with Crippen LogP contribution in [0.1, 0.15) is 23.7 Å². The minimum atomic E-state index is -0.0592. The predicted molar refractivity (Wildman–Crippen MR) is 102 cm³/mol. The van der Waals surface area contributed by atoms with Crippen LogP contribution in [0.5, 0.6) is 0 Å². The Labute approximate surface area is 151 Å². The Hall–Kier alpha value is -3.52. The van der Waals surface area contributed by atoms with E-state index in [0.29, 0.717) is 11.1 Å². The first kappa shape index (κ1) is 16.0. The molecule has 5 heteroatoms. The Morgan fingerprint density at radius 1 is 1.08 bits per heavy atom. The Morgan fingerprint density at radius 2 is 1.88 bits per heavy atom. The minimum Gasteiger partial charge on any atom is -0.316 e. The van der Waals surface area contributed by atoms with Gasteiger partial charge in [0.1, 0.15) is 5.52 Å². The summed E-state index contributed by atoms with van der Waals surface area (Å²) in [4.78, 5) is 13.3. The van der Waals surface area contributed by atoms with Crippen molar-refractivity contribution in [3.8, 4) is 17.5 Å². The summed E-state index contributed by atoms with van der Waals surface area (Å²) in [6, 6.07) is 11.6. The molecule has 5 nitrogen and oxygen atoms in total. The average molecular weight is 342 g/mol. The zero-order valence-electron chi connectivity index (χ0n) is 14.7. The highest BCUT2D eigenvalue weighted by Crippen LogP contribution is 2.14. The molecule has 0 amide bonds. The fourth-order valence-electron chi connectivity index (χ4n) is 3.07. The predicted octanol–water partition coefficient (Wildman–Crippen LogP) is 2.79. The van der Waals surface area contributed by atoms with Crippen LogP contribution in [0.4, 0.5) is 0 Å². The zero-order chi connectivity index (χ0) is 18.1. The van der Waals surface area contributed by atoms with Crippen LogP contribution >= 0.6 is 0 Å². The Morgan fingerprint density at radius 3 is 2.58 bits per heavy atom. The van der Waals surface area contributed by atoms with E-state index in [1.165, 1.54) is 0 Å².